The molecule has 4 heteroatoms. The predicted octanol–water partition coefficient (Wildman–Crippen LogP) is 5.97. The second-order valence-corrected chi connectivity index (χ2v) is 8.77. The van der Waals surface area contributed by atoms with E-state index in [1.807, 2.05) is 4.90 Å². The van der Waals surface area contributed by atoms with Crippen molar-refractivity contribution in [3.05, 3.63) is 35.9 Å². The monoisotopic (exact) mass is 416 g/mol. The first kappa shape index (κ1) is 24.9. The zero-order valence-corrected chi connectivity index (χ0v) is 19.0. The first-order valence-electron chi connectivity index (χ1n) is 12.4. The molecule has 30 heavy (non-hydrogen) atoms. The fourth-order valence-corrected chi connectivity index (χ4v) is 4.23. The van der Waals surface area contributed by atoms with E-state index in [-0.39, 0.29) is 0 Å². The normalized spacial score (nSPS) is 15.3. The van der Waals surface area contributed by atoms with E-state index in [1.54, 1.807) is 0 Å². The molecule has 1 aliphatic rings. The lowest BCUT2D eigenvalue weighted by Crippen LogP contribution is -2.45. The van der Waals surface area contributed by atoms with Crippen molar-refractivity contribution < 1.29 is 9.84 Å². The lowest BCUT2D eigenvalue weighted by Gasteiger charge is -2.31. The fourth-order valence-electron chi connectivity index (χ4n) is 4.23. The maximum atomic E-state index is 10.2. The number of hydrogen-bond acceptors (Lipinski definition) is 3. The molecule has 0 aromatic heterocycles. The Morgan fingerprint density at radius 2 is 1.30 bits per heavy atom. The van der Waals surface area contributed by atoms with Gasteiger partial charge in [-0.1, -0.05) is 101 Å². The van der Waals surface area contributed by atoms with Crippen LogP contribution in [0, 0.1) is 5.41 Å². The molecule has 2 rings (SSSR count). The smallest absolute Gasteiger partial charge is 0.125 e. The number of ether oxygens (including phenoxy) is 1. The van der Waals surface area contributed by atoms with Gasteiger partial charge in [-0.3, -0.25) is 5.41 Å². The minimum atomic E-state index is -0.601. The number of unbranched alkanes of at least 4 members (excludes halogenated alkanes) is 11. The average molecular weight is 417 g/mol. The lowest BCUT2D eigenvalue weighted by atomic mass is 10.0. The number of morpholine rings is 1. The topological polar surface area (TPSA) is 56.5 Å². The number of aryl methyl sites for hydroxylation is 1. The molecule has 1 aliphatic heterocycles. The third-order valence-corrected chi connectivity index (χ3v) is 6.20. The molecule has 1 atom stereocenters. The summed E-state index contributed by atoms with van der Waals surface area (Å²) < 4.78 is 5.31. The molecule has 0 spiro atoms. The van der Waals surface area contributed by atoms with Crippen molar-refractivity contribution in [3.63, 3.8) is 0 Å². The second kappa shape index (κ2) is 16.3. The fraction of sp³-hybridized carbons (Fsp3) is 0.731. The molecule has 0 amide bonds. The largest absolute Gasteiger partial charge is 0.385 e. The Labute approximate surface area is 184 Å². The Hall–Kier alpha value is -1.39. The Bertz CT molecular complexity index is 543. The van der Waals surface area contributed by atoms with Crippen LogP contribution in [0.15, 0.2) is 30.3 Å². The molecule has 0 aliphatic carbocycles. The van der Waals surface area contributed by atoms with Crippen molar-refractivity contribution in [1.82, 2.24) is 4.90 Å². The number of hydrogen-bond donors (Lipinski definition) is 2. The van der Waals surface area contributed by atoms with Crippen molar-refractivity contribution in [2.75, 3.05) is 26.3 Å². The Morgan fingerprint density at radius 3 is 1.87 bits per heavy atom. The van der Waals surface area contributed by atoms with Gasteiger partial charge in [0, 0.05) is 13.1 Å². The zero-order valence-electron chi connectivity index (χ0n) is 19.0. The molecule has 1 saturated heterocycles. The summed E-state index contributed by atoms with van der Waals surface area (Å²) in [5, 5.41) is 18.3. The highest BCUT2D eigenvalue weighted by molar-refractivity contribution is 5.83. The SMILES string of the molecule is N=C(C(O)CCCCCCCCCCCCCCc1ccccc1)N1CCOCC1. The van der Waals surface area contributed by atoms with Crippen LogP contribution in [0.2, 0.25) is 0 Å². The minimum absolute atomic E-state index is 0.387. The summed E-state index contributed by atoms with van der Waals surface area (Å²) in [5.74, 6) is 0.387. The summed E-state index contributed by atoms with van der Waals surface area (Å²) in [5.41, 5.74) is 1.47. The van der Waals surface area contributed by atoms with Gasteiger partial charge in [0.2, 0.25) is 0 Å². The molecule has 1 aromatic rings. The number of benzene rings is 1. The van der Waals surface area contributed by atoms with E-state index in [0.717, 1.165) is 25.9 Å². The third-order valence-electron chi connectivity index (χ3n) is 6.20. The maximum absolute atomic E-state index is 10.2. The number of aliphatic hydroxyl groups is 1. The lowest BCUT2D eigenvalue weighted by molar-refractivity contribution is 0.0613. The minimum Gasteiger partial charge on any atom is -0.385 e. The second-order valence-electron chi connectivity index (χ2n) is 8.77. The summed E-state index contributed by atoms with van der Waals surface area (Å²) >= 11 is 0. The number of amidine groups is 1. The maximum Gasteiger partial charge on any atom is 0.125 e. The van der Waals surface area contributed by atoms with Crippen molar-refractivity contribution in [3.8, 4) is 0 Å². The van der Waals surface area contributed by atoms with Crippen molar-refractivity contribution in [1.29, 1.82) is 5.41 Å². The average Bonchev–Trinajstić information content (AvgIpc) is 2.80. The van der Waals surface area contributed by atoms with Crippen LogP contribution in [0.1, 0.15) is 89.0 Å². The van der Waals surface area contributed by atoms with Crippen LogP contribution in [0.4, 0.5) is 0 Å². The van der Waals surface area contributed by atoms with Crippen LogP contribution in [0.3, 0.4) is 0 Å². The summed E-state index contributed by atoms with van der Waals surface area (Å²) in [6.07, 6.45) is 17.1. The van der Waals surface area contributed by atoms with Gasteiger partial charge in [0.15, 0.2) is 0 Å². The predicted molar refractivity (Wildman–Crippen MR) is 126 cm³/mol. The molecule has 2 N–H and O–H groups in total. The zero-order chi connectivity index (χ0) is 21.3. The molecule has 1 unspecified atom stereocenters. The van der Waals surface area contributed by atoms with Gasteiger partial charge in [-0.05, 0) is 24.8 Å². The number of nitrogens with one attached hydrogen (secondary N) is 1. The standard InChI is InChI=1S/C26H44N2O2/c27-26(28-20-22-30-23-21-28)25(29)19-15-10-8-6-4-2-1-3-5-7-9-12-16-24-17-13-11-14-18-24/h11,13-14,17-18,25,27,29H,1-10,12,15-16,19-23H2. The highest BCUT2D eigenvalue weighted by Gasteiger charge is 2.19. The van der Waals surface area contributed by atoms with E-state index in [9.17, 15) is 5.11 Å². The molecule has 4 nitrogen and oxygen atoms in total. The quantitative estimate of drug-likeness (QED) is 0.198. The highest BCUT2D eigenvalue weighted by Crippen LogP contribution is 2.14. The molecular formula is C26H44N2O2. The van der Waals surface area contributed by atoms with Gasteiger partial charge in [0.1, 0.15) is 11.9 Å². The van der Waals surface area contributed by atoms with Gasteiger partial charge in [-0.2, -0.15) is 0 Å². The Kier molecular flexibility index (Phi) is 13.5. The van der Waals surface area contributed by atoms with Crippen LogP contribution in [-0.4, -0.2) is 48.2 Å². The number of nitrogens with zero attached hydrogens (tertiary/aromatic N) is 1. The van der Waals surface area contributed by atoms with Crippen LogP contribution in [0.5, 0.6) is 0 Å². The molecule has 1 heterocycles. The van der Waals surface area contributed by atoms with Gasteiger partial charge in [-0.25, -0.2) is 0 Å². The first-order chi connectivity index (χ1) is 14.8. The van der Waals surface area contributed by atoms with E-state index in [4.69, 9.17) is 10.1 Å². The summed E-state index contributed by atoms with van der Waals surface area (Å²) in [6.45, 7) is 2.82. The van der Waals surface area contributed by atoms with Gasteiger partial charge in [0.25, 0.3) is 0 Å². The number of rotatable bonds is 16. The Balaban J connectivity index is 1.30. The van der Waals surface area contributed by atoms with Gasteiger partial charge in [-0.15, -0.1) is 0 Å². The first-order valence-corrected chi connectivity index (χ1v) is 12.4. The van der Waals surface area contributed by atoms with Crippen molar-refractivity contribution in [2.24, 2.45) is 0 Å². The van der Waals surface area contributed by atoms with E-state index < -0.39 is 6.10 Å². The van der Waals surface area contributed by atoms with Crippen LogP contribution >= 0.6 is 0 Å². The van der Waals surface area contributed by atoms with Crippen molar-refractivity contribution in [2.45, 2.75) is 96.0 Å². The van der Waals surface area contributed by atoms with E-state index in [2.05, 4.69) is 30.3 Å². The third kappa shape index (κ3) is 11.1. The molecule has 0 saturated carbocycles. The van der Waals surface area contributed by atoms with E-state index >= 15 is 0 Å². The van der Waals surface area contributed by atoms with E-state index in [1.165, 1.54) is 82.6 Å². The van der Waals surface area contributed by atoms with E-state index in [0.29, 0.717) is 19.0 Å². The molecular weight excluding hydrogens is 372 g/mol. The Morgan fingerprint density at radius 1 is 0.800 bits per heavy atom. The summed E-state index contributed by atoms with van der Waals surface area (Å²) in [4.78, 5) is 1.96. The number of aliphatic hydroxyl groups excluding tert-OH is 1. The van der Waals surface area contributed by atoms with Gasteiger partial charge in [0.05, 0.1) is 13.2 Å². The molecule has 0 bridgehead atoms. The summed E-state index contributed by atoms with van der Waals surface area (Å²) in [7, 11) is 0. The molecule has 1 fully saturated rings. The van der Waals surface area contributed by atoms with Crippen molar-refractivity contribution >= 4 is 5.84 Å². The van der Waals surface area contributed by atoms with Crippen LogP contribution < -0.4 is 0 Å². The van der Waals surface area contributed by atoms with Crippen LogP contribution in [0.25, 0.3) is 0 Å². The van der Waals surface area contributed by atoms with Gasteiger partial charge < -0.3 is 14.7 Å². The van der Waals surface area contributed by atoms with Gasteiger partial charge >= 0.3 is 0 Å². The highest BCUT2D eigenvalue weighted by atomic mass is 16.5. The van der Waals surface area contributed by atoms with Crippen LogP contribution in [-0.2, 0) is 11.2 Å². The summed E-state index contributed by atoms with van der Waals surface area (Å²) in [6, 6.07) is 10.8. The molecule has 170 valence electrons. The molecule has 0 radical (unpaired) electrons. The molecule has 1 aromatic carbocycles.